The maximum absolute atomic E-state index is 11.9. The Morgan fingerprint density at radius 3 is 2.75 bits per heavy atom. The van der Waals surface area contributed by atoms with Crippen molar-refractivity contribution >= 4 is 39.5 Å². The highest BCUT2D eigenvalue weighted by Crippen LogP contribution is 2.32. The third kappa shape index (κ3) is 4.72. The largest absolute Gasteiger partial charge is 0.359 e. The molecule has 4 aromatic rings. The highest BCUT2D eigenvalue weighted by Gasteiger charge is 2.28. The van der Waals surface area contributed by atoms with E-state index in [1.165, 1.54) is 16.3 Å². The molecule has 3 heterocycles. The van der Waals surface area contributed by atoms with E-state index in [1.54, 1.807) is 7.05 Å². The summed E-state index contributed by atoms with van der Waals surface area (Å²) >= 11 is 0. The number of amides is 1. The number of fused-ring (bicyclic) bond motifs is 2. The lowest BCUT2D eigenvalue weighted by atomic mass is 10.0. The summed E-state index contributed by atoms with van der Waals surface area (Å²) in [6.45, 7) is 6.72. The molecule has 1 amide bonds. The van der Waals surface area contributed by atoms with Gasteiger partial charge in [-0.15, -0.1) is 0 Å². The van der Waals surface area contributed by atoms with Crippen LogP contribution < -0.4 is 15.1 Å². The number of likely N-dealkylation sites (N-methyl/N-ethyl adjacent to an activating group) is 1. The minimum Gasteiger partial charge on any atom is -0.359 e. The molecule has 1 aliphatic rings. The molecule has 0 aliphatic carbocycles. The lowest BCUT2D eigenvalue weighted by molar-refractivity contribution is -0.121. The molecule has 8 heteroatoms. The topological polar surface area (TPSA) is 79.2 Å². The van der Waals surface area contributed by atoms with Gasteiger partial charge in [0.1, 0.15) is 5.82 Å². The Balaban J connectivity index is 1.43. The fraction of sp³-hybridized carbons (Fsp3) is 0.429. The quantitative estimate of drug-likeness (QED) is 0.403. The van der Waals surface area contributed by atoms with Crippen molar-refractivity contribution in [1.29, 1.82) is 0 Å². The molecular formula is C28H35N7O. The summed E-state index contributed by atoms with van der Waals surface area (Å²) in [5.74, 6) is 2.03. The minimum absolute atomic E-state index is 0.0937. The third-order valence-corrected chi connectivity index (χ3v) is 7.19. The molecule has 0 unspecified atom stereocenters. The molecule has 0 radical (unpaired) electrons. The van der Waals surface area contributed by atoms with Crippen molar-refractivity contribution in [2.75, 3.05) is 43.5 Å². The zero-order valence-corrected chi connectivity index (χ0v) is 21.6. The molecular weight excluding hydrogens is 450 g/mol. The molecule has 8 nitrogen and oxygen atoms in total. The van der Waals surface area contributed by atoms with Gasteiger partial charge in [-0.2, -0.15) is 15.1 Å². The van der Waals surface area contributed by atoms with Crippen molar-refractivity contribution in [3.63, 3.8) is 0 Å². The van der Waals surface area contributed by atoms with Gasteiger partial charge in [-0.1, -0.05) is 42.5 Å². The number of carbonyl (C=O) groups is 1. The van der Waals surface area contributed by atoms with Crippen LogP contribution in [-0.4, -0.2) is 59.4 Å². The van der Waals surface area contributed by atoms with Gasteiger partial charge in [-0.3, -0.25) is 4.79 Å². The second-order valence-electron chi connectivity index (χ2n) is 10.1. The normalized spacial score (nSPS) is 15.8. The Kier molecular flexibility index (Phi) is 6.76. The maximum Gasteiger partial charge on any atom is 0.229 e. The van der Waals surface area contributed by atoms with E-state index in [2.05, 4.69) is 83.6 Å². The lowest BCUT2D eigenvalue weighted by Crippen LogP contribution is -2.27. The minimum atomic E-state index is 0.0937. The van der Waals surface area contributed by atoms with Crippen LogP contribution in [0.4, 0.5) is 11.8 Å². The van der Waals surface area contributed by atoms with E-state index in [9.17, 15) is 4.79 Å². The summed E-state index contributed by atoms with van der Waals surface area (Å²) in [5, 5.41) is 10.9. The van der Waals surface area contributed by atoms with Gasteiger partial charge < -0.3 is 15.1 Å². The number of benzene rings is 2. The molecule has 1 aliphatic heterocycles. The summed E-state index contributed by atoms with van der Waals surface area (Å²) in [6, 6.07) is 15.2. The molecule has 1 saturated heterocycles. The molecule has 5 rings (SSSR count). The number of hydrogen-bond acceptors (Lipinski definition) is 6. The van der Waals surface area contributed by atoms with Gasteiger partial charge >= 0.3 is 0 Å². The van der Waals surface area contributed by atoms with Crippen LogP contribution in [0.15, 0.2) is 48.7 Å². The number of rotatable bonds is 8. The number of nitrogens with one attached hydrogen (secondary N) is 1. The van der Waals surface area contributed by atoms with Crippen molar-refractivity contribution in [2.45, 2.75) is 39.2 Å². The van der Waals surface area contributed by atoms with E-state index in [0.29, 0.717) is 18.3 Å². The molecule has 188 valence electrons. The maximum atomic E-state index is 11.9. The second-order valence-corrected chi connectivity index (χ2v) is 10.1. The highest BCUT2D eigenvalue weighted by atomic mass is 16.1. The average molecular weight is 486 g/mol. The van der Waals surface area contributed by atoms with Crippen molar-refractivity contribution in [3.05, 3.63) is 54.2 Å². The first-order valence-electron chi connectivity index (χ1n) is 12.8. The van der Waals surface area contributed by atoms with E-state index in [1.807, 2.05) is 10.9 Å². The Bertz CT molecular complexity index is 1370. The van der Waals surface area contributed by atoms with E-state index < -0.39 is 0 Å². The van der Waals surface area contributed by atoms with E-state index in [0.717, 1.165) is 49.3 Å². The van der Waals surface area contributed by atoms with E-state index in [-0.39, 0.29) is 11.9 Å². The number of carbonyl (C=O) groups excluding carboxylic acids is 1. The number of hydrogen-bond donors (Lipinski definition) is 1. The van der Waals surface area contributed by atoms with Crippen LogP contribution >= 0.6 is 0 Å². The lowest BCUT2D eigenvalue weighted by Gasteiger charge is -2.23. The third-order valence-electron chi connectivity index (χ3n) is 7.19. The summed E-state index contributed by atoms with van der Waals surface area (Å²) in [7, 11) is 3.76. The van der Waals surface area contributed by atoms with Gasteiger partial charge in [0.2, 0.25) is 11.9 Å². The Labute approximate surface area is 212 Å². The predicted molar refractivity (Wildman–Crippen MR) is 146 cm³/mol. The molecule has 2 aromatic carbocycles. The van der Waals surface area contributed by atoms with Crippen LogP contribution in [0.3, 0.4) is 0 Å². The monoisotopic (exact) mass is 485 g/mol. The van der Waals surface area contributed by atoms with Crippen LogP contribution in [0.25, 0.3) is 21.8 Å². The van der Waals surface area contributed by atoms with Crippen LogP contribution in [0.5, 0.6) is 0 Å². The molecule has 0 bridgehead atoms. The molecule has 0 spiro atoms. The molecule has 1 N–H and O–H groups in total. The first-order chi connectivity index (χ1) is 17.4. The Morgan fingerprint density at radius 1 is 1.14 bits per heavy atom. The fourth-order valence-corrected chi connectivity index (χ4v) is 5.14. The van der Waals surface area contributed by atoms with Crippen molar-refractivity contribution in [3.8, 4) is 0 Å². The summed E-state index contributed by atoms with van der Waals surface area (Å²) in [4.78, 5) is 26.4. The summed E-state index contributed by atoms with van der Waals surface area (Å²) < 4.78 is 1.97. The first-order valence-corrected chi connectivity index (χ1v) is 12.8. The van der Waals surface area contributed by atoms with Crippen LogP contribution in [0.2, 0.25) is 0 Å². The average Bonchev–Trinajstić information content (AvgIpc) is 3.53. The Morgan fingerprint density at radius 2 is 1.94 bits per heavy atom. The molecule has 2 aromatic heterocycles. The predicted octanol–water partition coefficient (Wildman–Crippen LogP) is 4.20. The van der Waals surface area contributed by atoms with Gasteiger partial charge in [0.15, 0.2) is 5.65 Å². The Hall–Kier alpha value is -3.68. The molecule has 1 fully saturated rings. The smallest absolute Gasteiger partial charge is 0.229 e. The van der Waals surface area contributed by atoms with Crippen molar-refractivity contribution in [1.82, 2.24) is 25.1 Å². The molecule has 1 atom stereocenters. The van der Waals surface area contributed by atoms with Crippen molar-refractivity contribution < 1.29 is 4.79 Å². The van der Waals surface area contributed by atoms with Crippen LogP contribution in [-0.2, 0) is 11.2 Å². The number of nitrogens with zero attached hydrogens (tertiary/aromatic N) is 6. The van der Waals surface area contributed by atoms with Crippen LogP contribution in [0, 0.1) is 5.92 Å². The SMILES string of the molecule is CNC(=O)C[C@H]1CCN(c2nc(N(C)CCc3cccc4ccccc34)nc3c2cnn3C(C)C)C1. The number of anilines is 2. The number of aromatic nitrogens is 4. The van der Waals surface area contributed by atoms with Gasteiger partial charge in [-0.05, 0) is 48.9 Å². The van der Waals surface area contributed by atoms with Gasteiger partial charge in [0, 0.05) is 46.2 Å². The zero-order valence-electron chi connectivity index (χ0n) is 21.6. The van der Waals surface area contributed by atoms with Crippen molar-refractivity contribution in [2.24, 2.45) is 5.92 Å². The van der Waals surface area contributed by atoms with Gasteiger partial charge in [-0.25, -0.2) is 4.68 Å². The fourth-order valence-electron chi connectivity index (χ4n) is 5.14. The van der Waals surface area contributed by atoms with E-state index >= 15 is 0 Å². The second kappa shape index (κ2) is 10.1. The summed E-state index contributed by atoms with van der Waals surface area (Å²) in [5.41, 5.74) is 2.18. The van der Waals surface area contributed by atoms with E-state index in [4.69, 9.17) is 9.97 Å². The molecule has 36 heavy (non-hydrogen) atoms. The summed E-state index contributed by atoms with van der Waals surface area (Å²) in [6.07, 6.45) is 4.31. The standard InChI is InChI=1S/C28H35N7O/c1-19(2)35-27-24(17-30-35)26(34-15-12-20(18-34)16-25(36)29-3)31-28(32-27)33(4)14-13-22-10-7-9-21-8-5-6-11-23(21)22/h5-11,17,19-20H,12-16,18H2,1-4H3,(H,29,36)/t20-/m1/s1. The van der Waals surface area contributed by atoms with Gasteiger partial charge in [0.05, 0.1) is 11.6 Å². The highest BCUT2D eigenvalue weighted by molar-refractivity contribution is 5.89. The van der Waals surface area contributed by atoms with Crippen LogP contribution in [0.1, 0.15) is 38.3 Å². The molecule has 0 saturated carbocycles. The first kappa shape index (κ1) is 24.0. The van der Waals surface area contributed by atoms with Gasteiger partial charge in [0.25, 0.3) is 0 Å². The zero-order chi connectivity index (χ0) is 25.2.